The van der Waals surface area contributed by atoms with Crippen molar-refractivity contribution in [2.45, 2.75) is 30.0 Å². The van der Waals surface area contributed by atoms with Gasteiger partial charge in [0.2, 0.25) is 5.16 Å². The summed E-state index contributed by atoms with van der Waals surface area (Å²) in [6, 6.07) is -0.947. The minimum absolute atomic E-state index is 0.117. The van der Waals surface area contributed by atoms with E-state index in [0.717, 1.165) is 11.3 Å². The molecule has 0 radical (unpaired) electrons. The number of thioether (sulfide) groups is 2. The van der Waals surface area contributed by atoms with Gasteiger partial charge in [0.25, 0.3) is 11.8 Å². The van der Waals surface area contributed by atoms with Gasteiger partial charge in [0, 0.05) is 16.9 Å². The zero-order chi connectivity index (χ0) is 25.8. The third kappa shape index (κ3) is 5.01. The molecule has 2 amide bonds. The molecule has 0 saturated carbocycles. The van der Waals surface area contributed by atoms with Crippen molar-refractivity contribution in [3.05, 3.63) is 22.3 Å². The van der Waals surface area contributed by atoms with Gasteiger partial charge in [-0.15, -0.1) is 34.6 Å². The first kappa shape index (κ1) is 25.5. The third-order valence-electron chi connectivity index (χ3n) is 4.92. The minimum atomic E-state index is -1.24. The van der Waals surface area contributed by atoms with E-state index in [9.17, 15) is 19.5 Å². The van der Waals surface area contributed by atoms with Gasteiger partial charge in [-0.3, -0.25) is 14.5 Å². The molecule has 17 heteroatoms. The van der Waals surface area contributed by atoms with Crippen LogP contribution in [0.4, 0.5) is 5.13 Å². The number of carboxylic acids is 1. The molecular weight excluding hydrogens is 530 g/mol. The van der Waals surface area contributed by atoms with Gasteiger partial charge in [-0.05, 0) is 22.9 Å². The number of tetrazole rings is 1. The predicted molar refractivity (Wildman–Crippen MR) is 132 cm³/mol. The molecule has 0 spiro atoms. The molecule has 1 unspecified atom stereocenters. The maximum atomic E-state index is 13.0. The topological polar surface area (TPSA) is 191 Å². The highest BCUT2D eigenvalue weighted by atomic mass is 32.2. The maximum absolute atomic E-state index is 13.0. The first-order valence-corrected chi connectivity index (χ1v) is 13.2. The van der Waals surface area contributed by atoms with Crippen LogP contribution in [0.3, 0.4) is 0 Å². The van der Waals surface area contributed by atoms with Crippen LogP contribution in [0.1, 0.15) is 12.6 Å². The Balaban J connectivity index is 1.49. The molecule has 4 N–H and O–H groups in total. The highest BCUT2D eigenvalue weighted by molar-refractivity contribution is 8.01. The standard InChI is InChI=1S/C19H19N9O5S3/c1-3-5-27-19(23-25-26-27)36-7-9-6-34-16-12(15(30)28(16)13(9)17(31)32)22-14(29)11(24-33-4-2)10-8-35-18(20)21-10/h1,8,12,16H,4-7H2,2H3,(H2,20,21)(H,22,29)(H,31,32)/t12?,16-/m0/s1. The molecule has 2 aliphatic heterocycles. The number of β-lactam (4-membered cyclic amide) rings is 1. The molecule has 0 aromatic carbocycles. The van der Waals surface area contributed by atoms with Crippen LogP contribution in [-0.4, -0.2) is 88.2 Å². The van der Waals surface area contributed by atoms with Gasteiger partial charge in [0.05, 0.1) is 0 Å². The lowest BCUT2D eigenvalue weighted by Crippen LogP contribution is -2.71. The second kappa shape index (κ2) is 11.0. The molecule has 2 atom stereocenters. The number of nitrogen functional groups attached to an aromatic ring is 1. The van der Waals surface area contributed by atoms with Gasteiger partial charge < -0.3 is 21.0 Å². The van der Waals surface area contributed by atoms with Gasteiger partial charge >= 0.3 is 5.97 Å². The van der Waals surface area contributed by atoms with Crippen LogP contribution in [0.5, 0.6) is 0 Å². The summed E-state index contributed by atoms with van der Waals surface area (Å²) < 4.78 is 1.42. The number of fused-ring (bicyclic) bond motifs is 1. The molecule has 1 saturated heterocycles. The number of amides is 2. The predicted octanol–water partition coefficient (Wildman–Crippen LogP) is -0.383. The molecule has 14 nitrogen and oxygen atoms in total. The molecule has 2 aliphatic rings. The smallest absolute Gasteiger partial charge is 0.352 e. The first-order valence-electron chi connectivity index (χ1n) is 10.3. The second-order valence-electron chi connectivity index (χ2n) is 7.16. The number of nitrogens with two attached hydrogens (primary N) is 1. The Morgan fingerprint density at radius 2 is 2.31 bits per heavy atom. The summed E-state index contributed by atoms with van der Waals surface area (Å²) in [4.78, 5) is 48.3. The Labute approximate surface area is 216 Å². The highest BCUT2D eigenvalue weighted by Gasteiger charge is 2.54. The summed E-state index contributed by atoms with van der Waals surface area (Å²) in [5.41, 5.74) is 6.15. The Morgan fingerprint density at radius 3 is 2.97 bits per heavy atom. The van der Waals surface area contributed by atoms with Crippen molar-refractivity contribution in [3.63, 3.8) is 0 Å². The summed E-state index contributed by atoms with van der Waals surface area (Å²) in [5, 5.41) is 29.2. The summed E-state index contributed by atoms with van der Waals surface area (Å²) in [6.07, 6.45) is 5.31. The average molecular weight is 550 g/mol. The van der Waals surface area contributed by atoms with Crippen LogP contribution >= 0.6 is 34.9 Å². The number of carbonyl (C=O) groups is 3. The number of carbonyl (C=O) groups excluding carboxylic acids is 2. The van der Waals surface area contributed by atoms with Crippen LogP contribution in [0, 0.1) is 12.3 Å². The summed E-state index contributed by atoms with van der Waals surface area (Å²) in [5.74, 6) is 0.529. The number of hydrogen-bond donors (Lipinski definition) is 3. The summed E-state index contributed by atoms with van der Waals surface area (Å²) in [7, 11) is 0. The van der Waals surface area contributed by atoms with E-state index < -0.39 is 29.2 Å². The number of anilines is 1. The number of aliphatic carboxylic acids is 1. The Kier molecular flexibility index (Phi) is 7.76. The second-order valence-corrected chi connectivity index (χ2v) is 10.1. The fourth-order valence-electron chi connectivity index (χ4n) is 3.37. The summed E-state index contributed by atoms with van der Waals surface area (Å²) in [6.45, 7) is 2.09. The molecule has 0 bridgehead atoms. The molecule has 188 valence electrons. The van der Waals surface area contributed by atoms with Gasteiger partial charge in [-0.2, -0.15) is 0 Å². The molecule has 36 heavy (non-hydrogen) atoms. The van der Waals surface area contributed by atoms with E-state index in [1.807, 2.05) is 0 Å². The Bertz CT molecular complexity index is 1300. The van der Waals surface area contributed by atoms with E-state index in [2.05, 4.69) is 36.9 Å². The molecule has 4 rings (SSSR count). The molecule has 0 aliphatic carbocycles. The number of rotatable bonds is 10. The van der Waals surface area contributed by atoms with E-state index in [4.69, 9.17) is 17.0 Å². The van der Waals surface area contributed by atoms with Crippen molar-refractivity contribution >= 4 is 63.5 Å². The Morgan fingerprint density at radius 1 is 1.50 bits per heavy atom. The quantitative estimate of drug-likeness (QED) is 0.115. The largest absolute Gasteiger partial charge is 0.477 e. The van der Waals surface area contributed by atoms with Crippen LogP contribution in [-0.2, 0) is 25.8 Å². The van der Waals surface area contributed by atoms with Crippen LogP contribution in [0.15, 0.2) is 27.0 Å². The molecule has 2 aromatic heterocycles. The van der Waals surface area contributed by atoms with E-state index in [-0.39, 0.29) is 41.1 Å². The first-order chi connectivity index (χ1) is 17.3. The van der Waals surface area contributed by atoms with Gasteiger partial charge in [0.15, 0.2) is 10.8 Å². The number of oxime groups is 1. The van der Waals surface area contributed by atoms with Crippen LogP contribution < -0.4 is 11.1 Å². The zero-order valence-corrected chi connectivity index (χ0v) is 21.1. The van der Waals surface area contributed by atoms with Crippen LogP contribution in [0.2, 0.25) is 0 Å². The average Bonchev–Trinajstić information content (AvgIpc) is 3.49. The Hall–Kier alpha value is -3.62. The van der Waals surface area contributed by atoms with Gasteiger partial charge in [-0.25, -0.2) is 14.5 Å². The lowest BCUT2D eigenvalue weighted by molar-refractivity contribution is -0.150. The number of aromatic nitrogens is 5. The van der Waals surface area contributed by atoms with Crippen molar-refractivity contribution in [2.75, 3.05) is 23.8 Å². The number of nitrogens with zero attached hydrogens (tertiary/aromatic N) is 7. The van der Waals surface area contributed by atoms with Crippen molar-refractivity contribution in [1.29, 1.82) is 0 Å². The van der Waals surface area contributed by atoms with Crippen LogP contribution in [0.25, 0.3) is 0 Å². The lowest BCUT2D eigenvalue weighted by atomic mass is 10.0. The monoisotopic (exact) mass is 549 g/mol. The lowest BCUT2D eigenvalue weighted by Gasteiger charge is -2.49. The van der Waals surface area contributed by atoms with E-state index in [0.29, 0.717) is 16.5 Å². The fourth-order valence-corrected chi connectivity index (χ4v) is 6.28. The van der Waals surface area contributed by atoms with E-state index in [1.165, 1.54) is 33.1 Å². The number of hydrogen-bond acceptors (Lipinski definition) is 13. The highest BCUT2D eigenvalue weighted by Crippen LogP contribution is 2.41. The minimum Gasteiger partial charge on any atom is -0.477 e. The van der Waals surface area contributed by atoms with Crippen molar-refractivity contribution in [1.82, 2.24) is 35.4 Å². The third-order valence-corrected chi connectivity index (χ3v) is 7.97. The normalized spacial score (nSPS) is 19.4. The zero-order valence-electron chi connectivity index (χ0n) is 18.7. The number of nitrogens with one attached hydrogen (secondary N) is 1. The number of carboxylic acid groups (broad SMARTS) is 1. The van der Waals surface area contributed by atoms with Crippen molar-refractivity contribution in [2.24, 2.45) is 5.16 Å². The molecule has 4 heterocycles. The molecule has 2 aromatic rings. The summed E-state index contributed by atoms with van der Waals surface area (Å²) >= 11 is 3.68. The molecular formula is C19H19N9O5S3. The molecule has 1 fully saturated rings. The van der Waals surface area contributed by atoms with Gasteiger partial charge in [0.1, 0.15) is 36.0 Å². The maximum Gasteiger partial charge on any atom is 0.352 e. The van der Waals surface area contributed by atoms with Gasteiger partial charge in [-0.1, -0.05) is 22.8 Å². The van der Waals surface area contributed by atoms with Crippen molar-refractivity contribution < 1.29 is 24.3 Å². The van der Waals surface area contributed by atoms with Crippen molar-refractivity contribution in [3.8, 4) is 12.3 Å². The number of thiazole rings is 1. The fraction of sp³-hybridized carbons (Fsp3) is 0.368. The SMILES string of the molecule is C#CCn1nnnc1SCC1=C(C(=O)O)N2C(=O)C(NC(=O)C(=NOCC)c3csc(N)n3)[C@@H]2SC1. The van der Waals surface area contributed by atoms with E-state index in [1.54, 1.807) is 12.3 Å². The van der Waals surface area contributed by atoms with E-state index >= 15 is 0 Å². The number of terminal acetylenes is 1.